The van der Waals surface area contributed by atoms with Gasteiger partial charge in [0.15, 0.2) is 0 Å². The number of benzene rings is 2. The first-order chi connectivity index (χ1) is 15.0. The van der Waals surface area contributed by atoms with Gasteiger partial charge in [0.2, 0.25) is 0 Å². The van der Waals surface area contributed by atoms with Crippen molar-refractivity contribution in [2.45, 2.75) is 19.4 Å². The number of quaternary nitrogens is 1. The molecule has 31 heavy (non-hydrogen) atoms. The Kier molecular flexibility index (Phi) is 6.34. The number of nitrogens with zero attached hydrogens (tertiary/aromatic N) is 2. The fraction of sp³-hybridized carbons (Fsp3) is 0.292. The van der Waals surface area contributed by atoms with Gasteiger partial charge in [-0.1, -0.05) is 12.1 Å². The van der Waals surface area contributed by atoms with Crippen LogP contribution in [0.3, 0.4) is 0 Å². The highest BCUT2D eigenvalue weighted by atomic mass is 19.1. The SMILES string of the molecule is O=c1cc(OCc2ccc(F)cc2)ccn1-c1ccc(OCC[N+]2([O-])CCCC2)cc1. The quantitative estimate of drug-likeness (QED) is 0.404. The van der Waals surface area contributed by atoms with Gasteiger partial charge in [0, 0.05) is 30.8 Å². The molecular formula is C24H25FN2O4. The van der Waals surface area contributed by atoms with Gasteiger partial charge in [-0.3, -0.25) is 9.36 Å². The van der Waals surface area contributed by atoms with Crippen LogP contribution in [0.25, 0.3) is 5.69 Å². The van der Waals surface area contributed by atoms with E-state index in [1.807, 2.05) is 0 Å². The average Bonchev–Trinajstić information content (AvgIpc) is 3.20. The van der Waals surface area contributed by atoms with E-state index >= 15 is 0 Å². The van der Waals surface area contributed by atoms with Crippen molar-refractivity contribution in [1.82, 2.24) is 4.57 Å². The van der Waals surface area contributed by atoms with Crippen LogP contribution in [0.4, 0.5) is 4.39 Å². The molecule has 1 fully saturated rings. The summed E-state index contributed by atoms with van der Waals surface area (Å²) in [6.45, 7) is 2.44. The van der Waals surface area contributed by atoms with Crippen molar-refractivity contribution in [3.63, 3.8) is 0 Å². The van der Waals surface area contributed by atoms with E-state index in [0.29, 0.717) is 43.4 Å². The highest BCUT2D eigenvalue weighted by Gasteiger charge is 2.22. The zero-order valence-corrected chi connectivity index (χ0v) is 17.2. The third-order valence-corrected chi connectivity index (χ3v) is 5.47. The van der Waals surface area contributed by atoms with E-state index in [1.54, 1.807) is 48.7 Å². The largest absolute Gasteiger partial charge is 0.633 e. The molecule has 0 N–H and O–H groups in total. The lowest BCUT2D eigenvalue weighted by atomic mass is 10.2. The van der Waals surface area contributed by atoms with Crippen LogP contribution in [0.5, 0.6) is 11.5 Å². The molecular weight excluding hydrogens is 399 g/mol. The van der Waals surface area contributed by atoms with E-state index in [-0.39, 0.29) is 22.6 Å². The fourth-order valence-electron chi connectivity index (χ4n) is 3.68. The van der Waals surface area contributed by atoms with Crippen LogP contribution in [-0.4, -0.2) is 35.5 Å². The summed E-state index contributed by atoms with van der Waals surface area (Å²) >= 11 is 0. The lowest BCUT2D eigenvalue weighted by Crippen LogP contribution is -2.42. The van der Waals surface area contributed by atoms with Crippen molar-refractivity contribution >= 4 is 0 Å². The van der Waals surface area contributed by atoms with Crippen LogP contribution in [0.15, 0.2) is 71.7 Å². The monoisotopic (exact) mass is 424 g/mol. The smallest absolute Gasteiger partial charge is 0.258 e. The molecule has 0 atom stereocenters. The Hall–Kier alpha value is -3.16. The maximum Gasteiger partial charge on any atom is 0.258 e. The molecule has 1 saturated heterocycles. The number of likely N-dealkylation sites (tertiary alicyclic amines) is 1. The summed E-state index contributed by atoms with van der Waals surface area (Å²) in [6, 6.07) is 16.3. The number of ether oxygens (including phenoxy) is 2. The minimum atomic E-state index is -0.301. The Morgan fingerprint density at radius 2 is 1.65 bits per heavy atom. The Morgan fingerprint density at radius 3 is 2.32 bits per heavy atom. The molecule has 1 aliphatic heterocycles. The molecule has 162 valence electrons. The molecule has 4 rings (SSSR count). The maximum absolute atomic E-state index is 13.0. The van der Waals surface area contributed by atoms with Gasteiger partial charge in [-0.15, -0.1) is 0 Å². The van der Waals surface area contributed by atoms with E-state index in [1.165, 1.54) is 22.8 Å². The highest BCUT2D eigenvalue weighted by molar-refractivity contribution is 5.38. The molecule has 1 aromatic heterocycles. The normalized spacial score (nSPS) is 15.0. The summed E-state index contributed by atoms with van der Waals surface area (Å²) in [5.41, 5.74) is 1.29. The van der Waals surface area contributed by atoms with Crippen molar-refractivity contribution in [2.24, 2.45) is 0 Å². The van der Waals surface area contributed by atoms with E-state index in [0.717, 1.165) is 18.4 Å². The standard InChI is InChI=1S/C24H25FN2O4/c25-20-5-3-19(4-6-20)18-31-23-11-12-26(24(28)17-23)21-7-9-22(10-8-21)30-16-15-27(29)13-1-2-14-27/h3-12,17H,1-2,13-16,18H2. The average molecular weight is 424 g/mol. The lowest BCUT2D eigenvalue weighted by molar-refractivity contribution is -0.868. The Balaban J connectivity index is 1.34. The van der Waals surface area contributed by atoms with Crippen molar-refractivity contribution in [1.29, 1.82) is 0 Å². The molecule has 0 saturated carbocycles. The number of halogens is 1. The summed E-state index contributed by atoms with van der Waals surface area (Å²) in [5.74, 6) is 0.814. The van der Waals surface area contributed by atoms with Gasteiger partial charge >= 0.3 is 0 Å². The molecule has 0 amide bonds. The molecule has 0 unspecified atom stereocenters. The Morgan fingerprint density at radius 1 is 0.935 bits per heavy atom. The van der Waals surface area contributed by atoms with Crippen LogP contribution in [-0.2, 0) is 6.61 Å². The van der Waals surface area contributed by atoms with Crippen molar-refractivity contribution in [2.75, 3.05) is 26.2 Å². The number of aromatic nitrogens is 1. The van der Waals surface area contributed by atoms with Gasteiger partial charge < -0.3 is 19.3 Å². The Labute approximate surface area is 180 Å². The van der Waals surface area contributed by atoms with E-state index in [9.17, 15) is 14.4 Å². The second-order valence-corrected chi connectivity index (χ2v) is 7.76. The van der Waals surface area contributed by atoms with Gasteiger partial charge in [-0.05, 0) is 48.0 Å². The Bertz CT molecular complexity index is 1060. The number of hydrogen-bond acceptors (Lipinski definition) is 4. The molecule has 2 heterocycles. The van der Waals surface area contributed by atoms with Gasteiger partial charge in [0.1, 0.15) is 37.1 Å². The molecule has 6 nitrogen and oxygen atoms in total. The molecule has 0 aliphatic carbocycles. The maximum atomic E-state index is 13.0. The number of hydroxylamine groups is 3. The van der Waals surface area contributed by atoms with Gasteiger partial charge in [-0.2, -0.15) is 0 Å². The van der Waals surface area contributed by atoms with E-state index in [2.05, 4.69) is 0 Å². The summed E-state index contributed by atoms with van der Waals surface area (Å²) in [4.78, 5) is 12.5. The zero-order chi connectivity index (χ0) is 21.7. The number of rotatable bonds is 8. The predicted molar refractivity (Wildman–Crippen MR) is 116 cm³/mol. The molecule has 0 radical (unpaired) electrons. The van der Waals surface area contributed by atoms with Crippen molar-refractivity contribution < 1.29 is 18.5 Å². The van der Waals surface area contributed by atoms with Crippen LogP contribution < -0.4 is 15.0 Å². The third-order valence-electron chi connectivity index (χ3n) is 5.47. The van der Waals surface area contributed by atoms with Gasteiger partial charge in [0.25, 0.3) is 5.56 Å². The van der Waals surface area contributed by atoms with Crippen molar-refractivity contribution in [3.05, 3.63) is 93.8 Å². The first kappa shape index (κ1) is 21.1. The first-order valence-corrected chi connectivity index (χ1v) is 10.4. The fourth-order valence-corrected chi connectivity index (χ4v) is 3.68. The van der Waals surface area contributed by atoms with Gasteiger partial charge in [-0.25, -0.2) is 4.39 Å². The summed E-state index contributed by atoms with van der Waals surface area (Å²) < 4.78 is 25.7. The van der Waals surface area contributed by atoms with Crippen molar-refractivity contribution in [3.8, 4) is 17.2 Å². The summed E-state index contributed by atoms with van der Waals surface area (Å²) in [7, 11) is 0. The minimum Gasteiger partial charge on any atom is -0.633 e. The molecule has 2 aromatic carbocycles. The molecule has 0 spiro atoms. The topological polar surface area (TPSA) is 63.5 Å². The first-order valence-electron chi connectivity index (χ1n) is 10.4. The van der Waals surface area contributed by atoms with Gasteiger partial charge in [0.05, 0.1) is 13.1 Å². The predicted octanol–water partition coefficient (Wildman–Crippen LogP) is 4.04. The highest BCUT2D eigenvalue weighted by Crippen LogP contribution is 2.19. The third kappa shape index (κ3) is 5.51. The number of pyridine rings is 1. The minimum absolute atomic E-state index is 0.164. The summed E-state index contributed by atoms with van der Waals surface area (Å²) in [6.07, 6.45) is 3.63. The molecule has 0 bridgehead atoms. The van der Waals surface area contributed by atoms with Crippen LogP contribution in [0.1, 0.15) is 18.4 Å². The number of hydrogen-bond donors (Lipinski definition) is 0. The lowest BCUT2D eigenvalue weighted by Gasteiger charge is -2.38. The van der Waals surface area contributed by atoms with Crippen LogP contribution in [0.2, 0.25) is 0 Å². The molecule has 3 aromatic rings. The zero-order valence-electron chi connectivity index (χ0n) is 17.2. The van der Waals surface area contributed by atoms with Crippen LogP contribution in [0, 0.1) is 11.0 Å². The molecule has 1 aliphatic rings. The van der Waals surface area contributed by atoms with Crippen LogP contribution >= 0.6 is 0 Å². The van der Waals surface area contributed by atoms with E-state index in [4.69, 9.17) is 9.47 Å². The molecule has 7 heteroatoms. The summed E-state index contributed by atoms with van der Waals surface area (Å²) in [5, 5.41) is 12.3. The second kappa shape index (κ2) is 9.32. The van der Waals surface area contributed by atoms with E-state index < -0.39 is 0 Å². The second-order valence-electron chi connectivity index (χ2n) is 7.76.